The molecule has 16 heavy (non-hydrogen) atoms. The summed E-state index contributed by atoms with van der Waals surface area (Å²) in [6.07, 6.45) is 0.824. The minimum atomic E-state index is -0.0461. The van der Waals surface area contributed by atoms with E-state index >= 15 is 0 Å². The molecule has 0 aliphatic carbocycles. The van der Waals surface area contributed by atoms with E-state index in [1.165, 1.54) is 5.56 Å². The molecule has 4 heteroatoms. The van der Waals surface area contributed by atoms with Gasteiger partial charge in [-0.1, -0.05) is 33.6 Å². The maximum absolute atomic E-state index is 6.16. The van der Waals surface area contributed by atoms with Crippen molar-refractivity contribution in [2.24, 2.45) is 5.73 Å². The Balaban J connectivity index is 2.17. The summed E-state index contributed by atoms with van der Waals surface area (Å²) in [5.74, 6) is 0. The van der Waals surface area contributed by atoms with Crippen LogP contribution in [0.25, 0.3) is 0 Å². The Morgan fingerprint density at radius 3 is 2.81 bits per heavy atom. The van der Waals surface area contributed by atoms with Crippen LogP contribution in [0.3, 0.4) is 0 Å². The lowest BCUT2D eigenvalue weighted by Gasteiger charge is -2.13. The third-order valence-electron chi connectivity index (χ3n) is 2.40. The van der Waals surface area contributed by atoms with Crippen molar-refractivity contribution in [3.05, 3.63) is 55.6 Å². The molecule has 1 aromatic heterocycles. The summed E-state index contributed by atoms with van der Waals surface area (Å²) >= 11 is 11.2. The first-order valence-corrected chi connectivity index (χ1v) is 7.00. The second kappa shape index (κ2) is 5.32. The Kier molecular flexibility index (Phi) is 4.03. The lowest BCUT2D eigenvalue weighted by molar-refractivity contribution is 0.724. The van der Waals surface area contributed by atoms with Crippen molar-refractivity contribution < 1.29 is 0 Å². The smallest absolute Gasteiger partial charge is 0.0465 e. The van der Waals surface area contributed by atoms with Gasteiger partial charge in [0.1, 0.15) is 0 Å². The first-order chi connectivity index (χ1) is 7.66. The Hall–Kier alpha value is -0.350. The second-order valence-electron chi connectivity index (χ2n) is 3.61. The van der Waals surface area contributed by atoms with E-state index in [4.69, 9.17) is 17.3 Å². The van der Waals surface area contributed by atoms with Crippen molar-refractivity contribution in [3.63, 3.8) is 0 Å². The molecule has 1 atom stereocenters. The zero-order valence-electron chi connectivity index (χ0n) is 8.49. The highest BCUT2D eigenvalue weighted by atomic mass is 79.9. The third kappa shape index (κ3) is 2.86. The molecule has 1 nitrogen and oxygen atoms in total. The fraction of sp³-hybridized carbons (Fsp3) is 0.167. The van der Waals surface area contributed by atoms with Crippen LogP contribution in [0.2, 0.25) is 5.02 Å². The number of halogens is 2. The van der Waals surface area contributed by atoms with E-state index < -0.39 is 0 Å². The minimum Gasteiger partial charge on any atom is -0.324 e. The highest BCUT2D eigenvalue weighted by Crippen LogP contribution is 2.27. The zero-order chi connectivity index (χ0) is 11.5. The Morgan fingerprint density at radius 2 is 2.19 bits per heavy atom. The minimum absolute atomic E-state index is 0.0461. The third-order valence-corrected chi connectivity index (χ3v) is 3.95. The Bertz CT molecular complexity index is 470. The zero-order valence-corrected chi connectivity index (χ0v) is 11.6. The molecule has 1 unspecified atom stereocenters. The molecule has 0 amide bonds. The summed E-state index contributed by atoms with van der Waals surface area (Å²) in [5.41, 5.74) is 8.40. The van der Waals surface area contributed by atoms with Crippen molar-refractivity contribution in [2.45, 2.75) is 12.5 Å². The maximum atomic E-state index is 6.16. The largest absolute Gasteiger partial charge is 0.324 e. The Labute approximate surface area is 112 Å². The molecular weight excluding hydrogens is 306 g/mol. The van der Waals surface area contributed by atoms with Crippen LogP contribution in [0.1, 0.15) is 17.2 Å². The standard InChI is InChI=1S/C12H11BrClNS/c13-9-1-2-10(11(14)6-9)12(15)5-8-3-4-16-7-8/h1-4,6-7,12H,5,15H2. The van der Waals surface area contributed by atoms with Crippen molar-refractivity contribution in [1.82, 2.24) is 0 Å². The highest BCUT2D eigenvalue weighted by molar-refractivity contribution is 9.10. The SMILES string of the molecule is NC(Cc1ccsc1)c1ccc(Br)cc1Cl. The van der Waals surface area contributed by atoms with E-state index in [0.717, 1.165) is 21.5 Å². The predicted octanol–water partition coefficient (Wildman–Crippen LogP) is 4.41. The van der Waals surface area contributed by atoms with E-state index in [9.17, 15) is 0 Å². The number of benzene rings is 1. The molecule has 0 aliphatic heterocycles. The van der Waals surface area contributed by atoms with Gasteiger partial charge < -0.3 is 5.73 Å². The van der Waals surface area contributed by atoms with E-state index in [1.807, 2.05) is 18.2 Å². The van der Waals surface area contributed by atoms with Crippen LogP contribution in [0.5, 0.6) is 0 Å². The molecule has 0 saturated heterocycles. The van der Waals surface area contributed by atoms with Gasteiger partial charge >= 0.3 is 0 Å². The van der Waals surface area contributed by atoms with Crippen LogP contribution in [0, 0.1) is 0 Å². The fourth-order valence-corrected chi connectivity index (χ4v) is 3.07. The summed E-state index contributed by atoms with van der Waals surface area (Å²) < 4.78 is 0.976. The van der Waals surface area contributed by atoms with Crippen molar-refractivity contribution in [3.8, 4) is 0 Å². The molecule has 0 bridgehead atoms. The van der Waals surface area contributed by atoms with E-state index in [1.54, 1.807) is 11.3 Å². The first-order valence-electron chi connectivity index (χ1n) is 4.88. The number of nitrogens with two attached hydrogens (primary N) is 1. The number of thiophene rings is 1. The van der Waals surface area contributed by atoms with Gasteiger partial charge in [-0.2, -0.15) is 11.3 Å². The van der Waals surface area contributed by atoms with Crippen LogP contribution in [0.15, 0.2) is 39.5 Å². The van der Waals surface area contributed by atoms with Crippen LogP contribution in [0.4, 0.5) is 0 Å². The molecule has 1 heterocycles. The van der Waals surface area contributed by atoms with Gasteiger partial charge in [-0.05, 0) is 46.5 Å². The van der Waals surface area contributed by atoms with E-state index in [2.05, 4.69) is 32.8 Å². The lowest BCUT2D eigenvalue weighted by atomic mass is 10.0. The monoisotopic (exact) mass is 315 g/mol. The van der Waals surface area contributed by atoms with E-state index in [-0.39, 0.29) is 6.04 Å². The van der Waals surface area contributed by atoms with Gasteiger partial charge in [0.05, 0.1) is 0 Å². The fourth-order valence-electron chi connectivity index (χ4n) is 1.57. The van der Waals surface area contributed by atoms with Crippen molar-refractivity contribution in [2.75, 3.05) is 0 Å². The number of hydrogen-bond acceptors (Lipinski definition) is 2. The molecule has 0 aliphatic rings. The molecule has 2 aromatic rings. The van der Waals surface area contributed by atoms with Gasteiger partial charge in [-0.15, -0.1) is 0 Å². The van der Waals surface area contributed by atoms with Gasteiger partial charge in [-0.25, -0.2) is 0 Å². The van der Waals surface area contributed by atoms with Crippen molar-refractivity contribution in [1.29, 1.82) is 0 Å². The molecule has 0 fully saturated rings. The highest BCUT2D eigenvalue weighted by Gasteiger charge is 2.11. The van der Waals surface area contributed by atoms with Crippen molar-refractivity contribution >= 4 is 38.9 Å². The maximum Gasteiger partial charge on any atom is 0.0465 e. The Morgan fingerprint density at radius 1 is 1.38 bits per heavy atom. The molecule has 1 aromatic carbocycles. The summed E-state index contributed by atoms with van der Waals surface area (Å²) in [7, 11) is 0. The molecule has 0 spiro atoms. The van der Waals surface area contributed by atoms with Crippen LogP contribution in [-0.2, 0) is 6.42 Å². The van der Waals surface area contributed by atoms with Gasteiger partial charge in [0.2, 0.25) is 0 Å². The average Bonchev–Trinajstić information content (AvgIpc) is 2.70. The first kappa shape index (κ1) is 12.1. The quantitative estimate of drug-likeness (QED) is 0.892. The summed E-state index contributed by atoms with van der Waals surface area (Å²) in [5, 5.41) is 4.90. The second-order valence-corrected chi connectivity index (χ2v) is 5.71. The van der Waals surface area contributed by atoms with Crippen LogP contribution in [-0.4, -0.2) is 0 Å². The average molecular weight is 317 g/mol. The lowest BCUT2D eigenvalue weighted by Crippen LogP contribution is -2.13. The van der Waals surface area contributed by atoms with Gasteiger partial charge in [-0.3, -0.25) is 0 Å². The molecule has 2 rings (SSSR count). The van der Waals surface area contributed by atoms with Gasteiger partial charge in [0, 0.05) is 15.5 Å². The molecule has 84 valence electrons. The van der Waals surface area contributed by atoms with Gasteiger partial charge in [0.25, 0.3) is 0 Å². The molecule has 0 radical (unpaired) electrons. The summed E-state index contributed by atoms with van der Waals surface area (Å²) in [6, 6.07) is 7.87. The van der Waals surface area contributed by atoms with E-state index in [0.29, 0.717) is 0 Å². The molecule has 0 saturated carbocycles. The molecular formula is C12H11BrClNS. The predicted molar refractivity (Wildman–Crippen MR) is 74.1 cm³/mol. The van der Waals surface area contributed by atoms with Crippen LogP contribution < -0.4 is 5.73 Å². The molecule has 2 N–H and O–H groups in total. The normalized spacial score (nSPS) is 12.7. The summed E-state index contributed by atoms with van der Waals surface area (Å²) in [4.78, 5) is 0. The number of hydrogen-bond donors (Lipinski definition) is 1. The number of rotatable bonds is 3. The van der Waals surface area contributed by atoms with Crippen LogP contribution >= 0.6 is 38.9 Å². The summed E-state index contributed by atoms with van der Waals surface area (Å²) in [6.45, 7) is 0. The topological polar surface area (TPSA) is 26.0 Å². The van der Waals surface area contributed by atoms with Gasteiger partial charge in [0.15, 0.2) is 0 Å².